The van der Waals surface area contributed by atoms with E-state index in [-0.39, 0.29) is 48.0 Å². The zero-order chi connectivity index (χ0) is 24.6. The molecule has 0 radical (unpaired) electrons. The van der Waals surface area contributed by atoms with Crippen molar-refractivity contribution in [3.63, 3.8) is 0 Å². The molecule has 1 spiro atoms. The molecule has 3 N–H and O–H groups in total. The van der Waals surface area contributed by atoms with E-state index in [1.165, 1.54) is 0 Å². The lowest BCUT2D eigenvalue weighted by atomic mass is 9.66. The van der Waals surface area contributed by atoms with Crippen molar-refractivity contribution in [1.82, 2.24) is 26.0 Å². The first-order valence-electron chi connectivity index (χ1n) is 11.4. The van der Waals surface area contributed by atoms with Gasteiger partial charge in [-0.15, -0.1) is 0 Å². The van der Waals surface area contributed by atoms with Gasteiger partial charge in [-0.1, -0.05) is 5.16 Å². The molecule has 1 aromatic carbocycles. The molecule has 2 aromatic rings. The van der Waals surface area contributed by atoms with Crippen molar-refractivity contribution < 1.29 is 32.8 Å². The van der Waals surface area contributed by atoms with Gasteiger partial charge in [-0.2, -0.15) is 0 Å². The summed E-state index contributed by atoms with van der Waals surface area (Å²) >= 11 is 0. The number of imide groups is 2. The van der Waals surface area contributed by atoms with Crippen molar-refractivity contribution in [3.8, 4) is 0 Å². The molecule has 0 aliphatic carbocycles. The largest absolute Gasteiger partial charge is 0.374 e. The maximum absolute atomic E-state index is 15.9. The summed E-state index contributed by atoms with van der Waals surface area (Å²) < 4.78 is 26.9. The number of nitrogens with zero attached hydrogens (tertiary/aromatic N) is 3. The van der Waals surface area contributed by atoms with Gasteiger partial charge in [-0.05, 0) is 25.6 Å². The van der Waals surface area contributed by atoms with Crippen LogP contribution in [0.3, 0.4) is 0 Å². The highest BCUT2D eigenvalue weighted by Gasteiger charge is 2.62. The number of ether oxygens (including phenoxy) is 1. The fourth-order valence-corrected chi connectivity index (χ4v) is 5.87. The highest BCUT2D eigenvalue weighted by molar-refractivity contribution is 6.20. The minimum absolute atomic E-state index is 0.0484. The zero-order valence-electron chi connectivity index (χ0n) is 19.0. The molecular formula is C22H23FN6O6. The first-order chi connectivity index (χ1) is 16.7. The predicted molar refractivity (Wildman–Crippen MR) is 117 cm³/mol. The molecule has 1 aromatic heterocycles. The average molecular weight is 486 g/mol. The number of carbonyl (C=O) groups is 4. The number of rotatable bonds is 2. The van der Waals surface area contributed by atoms with E-state index in [4.69, 9.17) is 9.26 Å². The van der Waals surface area contributed by atoms with Crippen molar-refractivity contribution in [2.24, 2.45) is 5.41 Å². The fraction of sp³-hybridized carbons (Fsp3) is 0.500. The maximum Gasteiger partial charge on any atom is 0.328 e. The van der Waals surface area contributed by atoms with E-state index in [1.54, 1.807) is 17.9 Å². The van der Waals surface area contributed by atoms with Crippen LogP contribution in [0.5, 0.6) is 0 Å². The Morgan fingerprint density at radius 1 is 1.26 bits per heavy atom. The molecule has 35 heavy (non-hydrogen) atoms. The highest BCUT2D eigenvalue weighted by Crippen LogP contribution is 2.48. The molecule has 5 heterocycles. The topological polar surface area (TPSA) is 146 Å². The number of barbiturate groups is 1. The van der Waals surface area contributed by atoms with Crippen LogP contribution in [0, 0.1) is 11.2 Å². The minimum atomic E-state index is -1.74. The summed E-state index contributed by atoms with van der Waals surface area (Å²) in [5.41, 5.74) is -1.49. The number of benzene rings is 1. The molecule has 0 saturated carbocycles. The number of likely N-dealkylation sites (N-methyl/N-ethyl adjacent to an activating group) is 1. The number of likely N-dealkylation sites (tertiary alicyclic amines) is 1. The Morgan fingerprint density at radius 3 is 2.66 bits per heavy atom. The standard InChI is InChI=1S/C22H23FN6O6/c1-9-17-22(19(31)25-21(33)26-20(22)32)6-10-5-12-14(18(30)24-11-7-28(2)8-11)27-35-16(12)13(23)15(10)29(17)3-4-34-9/h5,9,11,17H,3-4,6-8H2,1-2H3,(H,24,30)(H2,25,26,31,32,33)/t9-,17+/m0/s1. The predicted octanol–water partition coefficient (Wildman–Crippen LogP) is -0.487. The van der Waals surface area contributed by atoms with Gasteiger partial charge in [0, 0.05) is 26.1 Å². The molecule has 5 amide bonds. The number of carbonyl (C=O) groups excluding carboxylic acids is 4. The monoisotopic (exact) mass is 486 g/mol. The number of aromatic nitrogens is 1. The molecule has 3 fully saturated rings. The lowest BCUT2D eigenvalue weighted by Crippen LogP contribution is -2.74. The van der Waals surface area contributed by atoms with E-state index in [0.29, 0.717) is 18.7 Å². The number of halogens is 1. The summed E-state index contributed by atoms with van der Waals surface area (Å²) in [5, 5.41) is 11.2. The number of amides is 5. The second kappa shape index (κ2) is 7.46. The Balaban J connectivity index is 1.48. The summed E-state index contributed by atoms with van der Waals surface area (Å²) in [6.07, 6.45) is -0.817. The van der Waals surface area contributed by atoms with Crippen molar-refractivity contribution in [1.29, 1.82) is 0 Å². The lowest BCUT2D eigenvalue weighted by Gasteiger charge is -2.54. The Labute approximate surface area is 198 Å². The number of anilines is 1. The van der Waals surface area contributed by atoms with Gasteiger partial charge in [-0.3, -0.25) is 25.0 Å². The molecule has 4 aliphatic heterocycles. The van der Waals surface area contributed by atoms with Gasteiger partial charge < -0.3 is 24.4 Å². The highest BCUT2D eigenvalue weighted by atomic mass is 19.1. The quantitative estimate of drug-likeness (QED) is 0.479. The van der Waals surface area contributed by atoms with E-state index >= 15 is 4.39 Å². The third kappa shape index (κ3) is 3.01. The van der Waals surface area contributed by atoms with E-state index in [0.717, 1.165) is 0 Å². The van der Waals surface area contributed by atoms with Crippen LogP contribution in [0.15, 0.2) is 10.6 Å². The molecule has 4 aliphatic rings. The number of nitrogens with one attached hydrogen (secondary N) is 3. The molecule has 2 atom stereocenters. The summed E-state index contributed by atoms with van der Waals surface area (Å²) in [6.45, 7) is 3.52. The average Bonchev–Trinajstić information content (AvgIpc) is 3.20. The Hall–Kier alpha value is -3.58. The molecule has 3 saturated heterocycles. The number of urea groups is 1. The molecule has 13 heteroatoms. The number of hydrogen-bond acceptors (Lipinski definition) is 9. The van der Waals surface area contributed by atoms with Crippen LogP contribution >= 0.6 is 0 Å². The Kier molecular flexibility index (Phi) is 4.67. The SMILES string of the molecule is C[C@@H]1OCCN2c3c(cc4c(C(=O)NC5CN(C)C5)noc4c3F)CC3(C(=O)NC(=O)NC3=O)[C@@H]12. The van der Waals surface area contributed by atoms with Crippen LogP contribution in [0.25, 0.3) is 11.0 Å². The normalized spacial score (nSPS) is 26.1. The molecule has 0 unspecified atom stereocenters. The minimum Gasteiger partial charge on any atom is -0.374 e. The van der Waals surface area contributed by atoms with Gasteiger partial charge in [0.15, 0.2) is 16.9 Å². The van der Waals surface area contributed by atoms with Crippen LogP contribution in [-0.2, 0) is 20.7 Å². The van der Waals surface area contributed by atoms with Crippen molar-refractivity contribution >= 4 is 40.4 Å². The first-order valence-corrected chi connectivity index (χ1v) is 11.4. The molecule has 6 rings (SSSR count). The molecule has 184 valence electrons. The van der Waals surface area contributed by atoms with Crippen LogP contribution < -0.4 is 20.9 Å². The maximum atomic E-state index is 15.9. The van der Waals surface area contributed by atoms with Crippen molar-refractivity contribution in [2.45, 2.75) is 31.5 Å². The van der Waals surface area contributed by atoms with E-state index in [2.05, 4.69) is 21.1 Å². The van der Waals surface area contributed by atoms with Crippen molar-refractivity contribution in [2.75, 3.05) is 38.2 Å². The Bertz CT molecular complexity index is 1280. The van der Waals surface area contributed by atoms with Gasteiger partial charge >= 0.3 is 6.03 Å². The van der Waals surface area contributed by atoms with E-state index < -0.39 is 47.1 Å². The number of morpholine rings is 1. The number of hydrogen-bond donors (Lipinski definition) is 3. The van der Waals surface area contributed by atoms with Gasteiger partial charge in [-0.25, -0.2) is 9.18 Å². The fourth-order valence-electron chi connectivity index (χ4n) is 5.87. The van der Waals surface area contributed by atoms with Crippen LogP contribution in [0.2, 0.25) is 0 Å². The van der Waals surface area contributed by atoms with Crippen molar-refractivity contribution in [3.05, 3.63) is 23.1 Å². The summed E-state index contributed by atoms with van der Waals surface area (Å²) in [7, 11) is 1.93. The van der Waals surface area contributed by atoms with Gasteiger partial charge in [0.05, 0.1) is 35.9 Å². The van der Waals surface area contributed by atoms with Gasteiger partial charge in [0.25, 0.3) is 5.91 Å². The van der Waals surface area contributed by atoms with Gasteiger partial charge in [0.1, 0.15) is 0 Å². The van der Waals surface area contributed by atoms with E-state index in [1.807, 2.05) is 11.9 Å². The van der Waals surface area contributed by atoms with E-state index in [9.17, 15) is 19.2 Å². The summed E-state index contributed by atoms with van der Waals surface area (Å²) in [5.74, 6) is -2.78. The van der Waals surface area contributed by atoms with Crippen LogP contribution in [0.1, 0.15) is 23.0 Å². The lowest BCUT2D eigenvalue weighted by molar-refractivity contribution is -0.151. The summed E-state index contributed by atoms with van der Waals surface area (Å²) in [6, 6.07) is -0.285. The smallest absolute Gasteiger partial charge is 0.328 e. The van der Waals surface area contributed by atoms with Gasteiger partial charge in [0.2, 0.25) is 17.4 Å². The molecular weight excluding hydrogens is 463 g/mol. The zero-order valence-corrected chi connectivity index (χ0v) is 19.0. The third-order valence-electron chi connectivity index (χ3n) is 7.39. The first kappa shape index (κ1) is 21.9. The molecule has 12 nitrogen and oxygen atoms in total. The second-order valence-electron chi connectivity index (χ2n) is 9.60. The van der Waals surface area contributed by atoms with Crippen LogP contribution in [0.4, 0.5) is 14.9 Å². The van der Waals surface area contributed by atoms with Crippen LogP contribution in [-0.4, -0.2) is 85.3 Å². The second-order valence-corrected chi connectivity index (χ2v) is 9.60. The summed E-state index contributed by atoms with van der Waals surface area (Å²) in [4.78, 5) is 54.7. The Morgan fingerprint density at radius 2 is 1.97 bits per heavy atom. The third-order valence-corrected chi connectivity index (χ3v) is 7.39. The molecule has 0 bridgehead atoms. The number of fused-ring (bicyclic) bond motifs is 5.